The first-order valence-electron chi connectivity index (χ1n) is 6.47. The summed E-state index contributed by atoms with van der Waals surface area (Å²) in [5.41, 5.74) is 2.13. The fraction of sp³-hybridized carbons (Fsp3) is 0.125. The van der Waals surface area contributed by atoms with E-state index >= 15 is 0 Å². The van der Waals surface area contributed by atoms with Crippen molar-refractivity contribution in [3.63, 3.8) is 0 Å². The number of fused-ring (bicyclic) bond motifs is 1. The number of carbonyl (C=O) groups is 1. The summed E-state index contributed by atoms with van der Waals surface area (Å²) in [5, 5.41) is 5.31. The first kappa shape index (κ1) is 13.3. The van der Waals surface area contributed by atoms with Crippen LogP contribution in [0.5, 0.6) is 0 Å². The predicted molar refractivity (Wildman–Crippen MR) is 77.1 cm³/mol. The Morgan fingerprint density at radius 2 is 2.05 bits per heavy atom. The van der Waals surface area contributed by atoms with Gasteiger partial charge in [-0.1, -0.05) is 30.3 Å². The molecule has 106 valence electrons. The molecule has 0 atom stereocenters. The third-order valence-electron chi connectivity index (χ3n) is 3.26. The minimum absolute atomic E-state index is 0.0202. The molecule has 0 aliphatic rings. The van der Waals surface area contributed by atoms with E-state index in [2.05, 4.69) is 9.84 Å². The Morgan fingerprint density at radius 3 is 2.81 bits per heavy atom. The van der Waals surface area contributed by atoms with E-state index in [9.17, 15) is 9.18 Å². The van der Waals surface area contributed by atoms with Crippen molar-refractivity contribution < 1.29 is 13.9 Å². The molecule has 0 fully saturated rings. The Balaban J connectivity index is 2.17. The summed E-state index contributed by atoms with van der Waals surface area (Å²) in [6, 6.07) is 13.8. The van der Waals surface area contributed by atoms with Gasteiger partial charge in [0.05, 0.1) is 12.6 Å². The molecular formula is C16H13FN2O2. The second kappa shape index (κ2) is 5.36. The van der Waals surface area contributed by atoms with Crippen LogP contribution in [0.3, 0.4) is 0 Å². The lowest BCUT2D eigenvalue weighted by Gasteiger charge is -2.01. The van der Waals surface area contributed by atoms with Gasteiger partial charge >= 0.3 is 5.97 Å². The van der Waals surface area contributed by atoms with E-state index in [0.717, 1.165) is 10.9 Å². The molecule has 1 heterocycles. The SMILES string of the molecule is COC(=O)Cn1nc(-c2cccc(F)c2)c2ccccc21. The lowest BCUT2D eigenvalue weighted by Crippen LogP contribution is -2.12. The molecule has 2 aromatic carbocycles. The number of halogens is 1. The Labute approximate surface area is 120 Å². The average Bonchev–Trinajstić information content (AvgIpc) is 2.86. The highest BCUT2D eigenvalue weighted by Gasteiger charge is 2.14. The maximum Gasteiger partial charge on any atom is 0.327 e. The highest BCUT2D eigenvalue weighted by molar-refractivity contribution is 5.93. The molecule has 0 N–H and O–H groups in total. The van der Waals surface area contributed by atoms with Gasteiger partial charge in [0.15, 0.2) is 0 Å². The van der Waals surface area contributed by atoms with Gasteiger partial charge in [-0.15, -0.1) is 0 Å². The van der Waals surface area contributed by atoms with Crippen LogP contribution in [-0.4, -0.2) is 22.9 Å². The number of aromatic nitrogens is 2. The summed E-state index contributed by atoms with van der Waals surface area (Å²) in [5.74, 6) is -0.701. The van der Waals surface area contributed by atoms with Crippen molar-refractivity contribution in [2.24, 2.45) is 0 Å². The number of methoxy groups -OCH3 is 1. The largest absolute Gasteiger partial charge is 0.468 e. The van der Waals surface area contributed by atoms with Crippen molar-refractivity contribution in [2.45, 2.75) is 6.54 Å². The summed E-state index contributed by atoms with van der Waals surface area (Å²) in [4.78, 5) is 11.5. The van der Waals surface area contributed by atoms with Crippen LogP contribution in [0.2, 0.25) is 0 Å². The molecule has 21 heavy (non-hydrogen) atoms. The van der Waals surface area contributed by atoms with Crippen molar-refractivity contribution in [3.8, 4) is 11.3 Å². The van der Waals surface area contributed by atoms with Gasteiger partial charge in [-0.05, 0) is 18.2 Å². The number of rotatable bonds is 3. The second-order valence-corrected chi connectivity index (χ2v) is 4.61. The fourth-order valence-corrected chi connectivity index (χ4v) is 2.28. The molecule has 0 saturated heterocycles. The number of benzene rings is 2. The summed E-state index contributed by atoms with van der Waals surface area (Å²) in [7, 11) is 1.33. The van der Waals surface area contributed by atoms with E-state index in [1.54, 1.807) is 16.8 Å². The molecular weight excluding hydrogens is 271 g/mol. The number of hydrogen-bond acceptors (Lipinski definition) is 3. The van der Waals surface area contributed by atoms with Crippen LogP contribution in [0.25, 0.3) is 22.2 Å². The van der Waals surface area contributed by atoms with Gasteiger partial charge in [0.2, 0.25) is 0 Å². The quantitative estimate of drug-likeness (QED) is 0.694. The van der Waals surface area contributed by atoms with Gasteiger partial charge in [0.25, 0.3) is 0 Å². The number of ether oxygens (including phenoxy) is 1. The Hall–Kier alpha value is -2.69. The first-order valence-corrected chi connectivity index (χ1v) is 6.47. The van der Waals surface area contributed by atoms with Gasteiger partial charge in [0.1, 0.15) is 18.1 Å². The third-order valence-corrected chi connectivity index (χ3v) is 3.26. The minimum atomic E-state index is -0.381. The monoisotopic (exact) mass is 284 g/mol. The maximum atomic E-state index is 13.4. The summed E-state index contributed by atoms with van der Waals surface area (Å²) >= 11 is 0. The van der Waals surface area contributed by atoms with Crippen molar-refractivity contribution in [2.75, 3.05) is 7.11 Å². The van der Waals surface area contributed by atoms with Crippen LogP contribution in [0, 0.1) is 5.82 Å². The van der Waals surface area contributed by atoms with Crippen LogP contribution >= 0.6 is 0 Å². The van der Waals surface area contributed by atoms with Gasteiger partial charge < -0.3 is 4.74 Å². The van der Waals surface area contributed by atoms with Crippen LogP contribution in [0.1, 0.15) is 0 Å². The van der Waals surface area contributed by atoms with Gasteiger partial charge in [-0.2, -0.15) is 5.10 Å². The van der Waals surface area contributed by atoms with Crippen LogP contribution in [0.4, 0.5) is 4.39 Å². The van der Waals surface area contributed by atoms with Gasteiger partial charge in [0, 0.05) is 10.9 Å². The van der Waals surface area contributed by atoms with Crippen molar-refractivity contribution in [1.82, 2.24) is 9.78 Å². The molecule has 0 amide bonds. The van der Waals surface area contributed by atoms with Crippen molar-refractivity contribution in [3.05, 3.63) is 54.3 Å². The number of carbonyl (C=O) groups excluding carboxylic acids is 1. The zero-order valence-corrected chi connectivity index (χ0v) is 11.4. The number of esters is 1. The topological polar surface area (TPSA) is 44.1 Å². The van der Waals surface area contributed by atoms with Crippen LogP contribution < -0.4 is 0 Å². The summed E-state index contributed by atoms with van der Waals surface area (Å²) < 4.78 is 19.7. The van der Waals surface area contributed by atoms with Gasteiger partial charge in [-0.25, -0.2) is 4.39 Å². The number of nitrogens with zero attached hydrogens (tertiary/aromatic N) is 2. The summed E-state index contributed by atoms with van der Waals surface area (Å²) in [6.45, 7) is 0.0202. The van der Waals surface area contributed by atoms with Crippen LogP contribution in [0.15, 0.2) is 48.5 Å². The number of para-hydroxylation sites is 1. The molecule has 3 rings (SSSR count). The highest BCUT2D eigenvalue weighted by atomic mass is 19.1. The molecule has 3 aromatic rings. The number of hydrogen-bond donors (Lipinski definition) is 0. The third kappa shape index (κ3) is 2.50. The lowest BCUT2D eigenvalue weighted by molar-refractivity contribution is -0.141. The lowest BCUT2D eigenvalue weighted by atomic mass is 10.1. The molecule has 4 nitrogen and oxygen atoms in total. The standard InChI is InChI=1S/C16H13FN2O2/c1-21-15(20)10-19-14-8-3-2-7-13(14)16(18-19)11-5-4-6-12(17)9-11/h2-9H,10H2,1H3. The van der Waals surface area contributed by atoms with E-state index in [1.165, 1.54) is 19.2 Å². The van der Waals surface area contributed by atoms with Gasteiger partial charge in [-0.3, -0.25) is 9.48 Å². The first-order chi connectivity index (χ1) is 10.2. The molecule has 0 aliphatic heterocycles. The van der Waals surface area contributed by atoms with E-state index in [4.69, 9.17) is 0 Å². The van der Waals surface area contributed by atoms with Crippen molar-refractivity contribution in [1.29, 1.82) is 0 Å². The molecule has 1 aromatic heterocycles. The zero-order valence-electron chi connectivity index (χ0n) is 11.4. The zero-order chi connectivity index (χ0) is 14.8. The summed E-state index contributed by atoms with van der Waals surface area (Å²) in [6.07, 6.45) is 0. The average molecular weight is 284 g/mol. The fourth-order valence-electron chi connectivity index (χ4n) is 2.28. The minimum Gasteiger partial charge on any atom is -0.468 e. The van der Waals surface area contributed by atoms with E-state index in [0.29, 0.717) is 11.3 Å². The maximum absolute atomic E-state index is 13.4. The second-order valence-electron chi connectivity index (χ2n) is 4.61. The molecule has 5 heteroatoms. The molecule has 0 aliphatic carbocycles. The molecule has 0 radical (unpaired) electrons. The van der Waals surface area contributed by atoms with Crippen molar-refractivity contribution >= 4 is 16.9 Å². The van der Waals surface area contributed by atoms with E-state index < -0.39 is 0 Å². The normalized spacial score (nSPS) is 10.8. The van der Waals surface area contributed by atoms with E-state index in [-0.39, 0.29) is 18.3 Å². The molecule has 0 unspecified atom stereocenters. The highest BCUT2D eigenvalue weighted by Crippen LogP contribution is 2.28. The van der Waals surface area contributed by atoms with Crippen LogP contribution in [-0.2, 0) is 16.1 Å². The smallest absolute Gasteiger partial charge is 0.327 e. The predicted octanol–water partition coefficient (Wildman–Crippen LogP) is 3.02. The molecule has 0 bridgehead atoms. The molecule has 0 spiro atoms. The Bertz CT molecular complexity index is 811. The Kier molecular flexibility index (Phi) is 3.39. The Morgan fingerprint density at radius 1 is 1.24 bits per heavy atom. The van der Waals surface area contributed by atoms with E-state index in [1.807, 2.05) is 24.3 Å². The molecule has 0 saturated carbocycles.